The molecular formula is C34H38N4O6. The third-order valence-corrected chi connectivity index (χ3v) is 9.32. The maximum Gasteiger partial charge on any atom is 0.338 e. The average molecular weight is 599 g/mol. The quantitative estimate of drug-likeness (QED) is 0.180. The number of rotatable bonds is 8. The van der Waals surface area contributed by atoms with Gasteiger partial charge in [0.1, 0.15) is 0 Å². The highest BCUT2D eigenvalue weighted by Crippen LogP contribution is 2.44. The molecule has 8 bridgehead atoms. The number of carboxylic acids is 3. The summed E-state index contributed by atoms with van der Waals surface area (Å²) in [5.74, 6) is -4.07. The highest BCUT2D eigenvalue weighted by atomic mass is 16.4. The molecule has 2 aliphatic heterocycles. The first kappa shape index (κ1) is 30.7. The molecule has 5 N–H and O–H groups in total. The van der Waals surface area contributed by atoms with E-state index in [9.17, 15) is 29.7 Å². The molecule has 10 nitrogen and oxygen atoms in total. The van der Waals surface area contributed by atoms with Crippen LogP contribution < -0.4 is 0 Å². The van der Waals surface area contributed by atoms with Gasteiger partial charge in [0.05, 0.1) is 28.9 Å². The van der Waals surface area contributed by atoms with Crippen molar-refractivity contribution in [1.82, 2.24) is 19.9 Å². The molecule has 2 unspecified atom stereocenters. The van der Waals surface area contributed by atoms with Gasteiger partial charge in [-0.15, -0.1) is 6.58 Å². The monoisotopic (exact) mass is 598 g/mol. The summed E-state index contributed by atoms with van der Waals surface area (Å²) in [6.07, 6.45) is 2.20. The van der Waals surface area contributed by atoms with Crippen LogP contribution in [0.3, 0.4) is 0 Å². The molecule has 2 aliphatic rings. The molecule has 0 saturated carbocycles. The summed E-state index contributed by atoms with van der Waals surface area (Å²) in [5.41, 5.74) is 7.92. The van der Waals surface area contributed by atoms with E-state index < -0.39 is 30.2 Å². The number of aryl methyl sites for hydroxylation is 3. The number of hydrogen-bond donors (Lipinski definition) is 5. The maximum atomic E-state index is 12.7. The highest BCUT2D eigenvalue weighted by molar-refractivity contribution is 6.02. The van der Waals surface area contributed by atoms with Crippen LogP contribution in [0.2, 0.25) is 0 Å². The standard InChI is InChI=1S/C34H38N4O6/c1-7-19-15(3)23-12-25-17(5)21(9-10-29(39)40)32(37-25)22(11-30(41)42)33-31(34(43)44)18(6)26(38-33)14-28-20(8-2)16(4)24(36-28)13-27(19)35-23/h7,12-15,17,19,21,36,38H,1,8-11H2,2-6H3,(H,39,40)(H,41,42)(H,43,44)/t15?,17-,19?,21-/m0/s1. The Kier molecular flexibility index (Phi) is 8.20. The summed E-state index contributed by atoms with van der Waals surface area (Å²) in [7, 11) is 0. The van der Waals surface area contributed by atoms with Crippen LogP contribution in [0.25, 0.3) is 22.1 Å². The summed E-state index contributed by atoms with van der Waals surface area (Å²) >= 11 is 0. The number of hydrogen-bond acceptors (Lipinski definition) is 5. The summed E-state index contributed by atoms with van der Waals surface area (Å²) in [6.45, 7) is 13.9. The lowest BCUT2D eigenvalue weighted by atomic mass is 9.84. The van der Waals surface area contributed by atoms with Gasteiger partial charge in [0.2, 0.25) is 0 Å². The summed E-state index contributed by atoms with van der Waals surface area (Å²) in [6, 6.07) is 5.83. The number of carboxylic acid groups (broad SMARTS) is 3. The van der Waals surface area contributed by atoms with Gasteiger partial charge in [0, 0.05) is 63.6 Å². The lowest BCUT2D eigenvalue weighted by molar-refractivity contribution is -0.138. The molecule has 44 heavy (non-hydrogen) atoms. The van der Waals surface area contributed by atoms with Gasteiger partial charge in [0.25, 0.3) is 0 Å². The minimum absolute atomic E-state index is 0.00734. The van der Waals surface area contributed by atoms with Gasteiger partial charge < -0.3 is 25.3 Å². The number of aromatic nitrogens is 4. The molecule has 10 heteroatoms. The average Bonchev–Trinajstić information content (AvgIpc) is 3.63. The summed E-state index contributed by atoms with van der Waals surface area (Å²) in [4.78, 5) is 53.3. The third kappa shape index (κ3) is 5.29. The molecule has 4 atom stereocenters. The Morgan fingerprint density at radius 1 is 0.864 bits per heavy atom. The van der Waals surface area contributed by atoms with Crippen LogP contribution >= 0.6 is 0 Å². The van der Waals surface area contributed by atoms with E-state index in [0.717, 1.165) is 40.0 Å². The molecule has 0 saturated heterocycles. The Hall–Kier alpha value is -4.73. The Labute approximate surface area is 254 Å². The molecule has 230 valence electrons. The van der Waals surface area contributed by atoms with Crippen molar-refractivity contribution in [2.75, 3.05) is 0 Å². The van der Waals surface area contributed by atoms with Crippen molar-refractivity contribution >= 4 is 40.0 Å². The van der Waals surface area contributed by atoms with Crippen molar-refractivity contribution in [3.63, 3.8) is 0 Å². The smallest absolute Gasteiger partial charge is 0.338 e. The van der Waals surface area contributed by atoms with Gasteiger partial charge in [-0.25, -0.2) is 4.79 Å². The normalized spacial score (nSPS) is 19.6. The largest absolute Gasteiger partial charge is 0.481 e. The van der Waals surface area contributed by atoms with E-state index in [1.165, 1.54) is 0 Å². The topological polar surface area (TPSA) is 169 Å². The Morgan fingerprint density at radius 2 is 1.55 bits per heavy atom. The fraction of sp³-hybridized carbons (Fsp3) is 0.382. The van der Waals surface area contributed by atoms with Crippen LogP contribution in [0.4, 0.5) is 0 Å². The van der Waals surface area contributed by atoms with E-state index in [0.29, 0.717) is 22.5 Å². The van der Waals surface area contributed by atoms with Gasteiger partial charge in [-0.1, -0.05) is 26.8 Å². The number of carbonyl (C=O) groups is 3. The second kappa shape index (κ2) is 11.7. The predicted molar refractivity (Wildman–Crippen MR) is 168 cm³/mol. The van der Waals surface area contributed by atoms with Crippen LogP contribution in [0.15, 0.2) is 30.9 Å². The Morgan fingerprint density at radius 3 is 2.16 bits per heavy atom. The molecule has 3 aromatic rings. The van der Waals surface area contributed by atoms with Crippen molar-refractivity contribution in [3.05, 3.63) is 81.4 Å². The van der Waals surface area contributed by atoms with Gasteiger partial charge >= 0.3 is 17.9 Å². The molecule has 0 spiro atoms. The van der Waals surface area contributed by atoms with Gasteiger partial charge in [-0.3, -0.25) is 19.6 Å². The highest BCUT2D eigenvalue weighted by Gasteiger charge is 2.34. The fourth-order valence-corrected chi connectivity index (χ4v) is 6.83. The van der Waals surface area contributed by atoms with Crippen LogP contribution in [0.5, 0.6) is 0 Å². The van der Waals surface area contributed by atoms with Gasteiger partial charge in [-0.05, 0) is 61.6 Å². The molecule has 0 amide bonds. The van der Waals surface area contributed by atoms with Crippen molar-refractivity contribution < 1.29 is 29.7 Å². The summed E-state index contributed by atoms with van der Waals surface area (Å²) < 4.78 is 0. The van der Waals surface area contributed by atoms with E-state index >= 15 is 0 Å². The zero-order valence-corrected chi connectivity index (χ0v) is 25.6. The molecule has 0 radical (unpaired) electrons. The number of fused-ring (bicyclic) bond motifs is 8. The van der Waals surface area contributed by atoms with E-state index in [1.54, 1.807) is 6.92 Å². The third-order valence-electron chi connectivity index (χ3n) is 9.32. The van der Waals surface area contributed by atoms with Crippen molar-refractivity contribution in [3.8, 4) is 0 Å². The first-order valence-electron chi connectivity index (χ1n) is 14.9. The fourth-order valence-electron chi connectivity index (χ4n) is 6.83. The number of allylic oxidation sites excluding steroid dienone is 1. The van der Waals surface area contributed by atoms with E-state index in [1.807, 2.05) is 38.1 Å². The second-order valence-corrected chi connectivity index (χ2v) is 11.9. The number of aliphatic carboxylic acids is 2. The predicted octanol–water partition coefficient (Wildman–Crippen LogP) is 6.64. The number of aromatic carboxylic acids is 1. The van der Waals surface area contributed by atoms with E-state index in [-0.39, 0.29) is 47.2 Å². The van der Waals surface area contributed by atoms with Crippen LogP contribution in [-0.4, -0.2) is 53.2 Å². The number of nitrogens with one attached hydrogen (secondary N) is 2. The maximum absolute atomic E-state index is 12.7. The van der Waals surface area contributed by atoms with Crippen LogP contribution in [0, 0.1) is 13.8 Å². The molecule has 0 aliphatic carbocycles. The molecule has 5 heterocycles. The molecule has 3 aromatic heterocycles. The minimum atomic E-state index is -1.20. The molecule has 0 aromatic carbocycles. The Balaban J connectivity index is 2.02. The molecule has 0 fully saturated rings. The summed E-state index contributed by atoms with van der Waals surface area (Å²) in [5, 5.41) is 29.9. The Bertz CT molecular complexity index is 1870. The van der Waals surface area contributed by atoms with Crippen LogP contribution in [-0.2, 0) is 22.4 Å². The lowest BCUT2D eigenvalue weighted by Crippen LogP contribution is -2.11. The van der Waals surface area contributed by atoms with Crippen molar-refractivity contribution in [2.24, 2.45) is 0 Å². The minimum Gasteiger partial charge on any atom is -0.481 e. The zero-order chi connectivity index (χ0) is 32.0. The van der Waals surface area contributed by atoms with E-state index in [4.69, 9.17) is 9.97 Å². The SMILES string of the molecule is C=CC1c2cc3[nH]c(cc4[nH]c(c(CC(=O)O)c5nc(cc(n2)C1C)[C@@H](C)[C@@H]5CCC(=O)O)c(C(=O)O)c4C)c(CC)c3C. The van der Waals surface area contributed by atoms with Gasteiger partial charge in [-0.2, -0.15) is 0 Å². The van der Waals surface area contributed by atoms with Crippen LogP contribution in [0.1, 0.15) is 113 Å². The van der Waals surface area contributed by atoms with E-state index in [2.05, 4.69) is 30.4 Å². The molecule has 5 rings (SSSR count). The van der Waals surface area contributed by atoms with Gasteiger partial charge in [0.15, 0.2) is 0 Å². The zero-order valence-electron chi connectivity index (χ0n) is 25.6. The number of nitrogens with zero attached hydrogens (tertiary/aromatic N) is 2. The lowest BCUT2D eigenvalue weighted by Gasteiger charge is -2.17. The van der Waals surface area contributed by atoms with Crippen molar-refractivity contribution in [2.45, 2.75) is 84.0 Å². The first-order chi connectivity index (χ1) is 20.9. The number of aromatic amines is 2. The van der Waals surface area contributed by atoms with Crippen molar-refractivity contribution in [1.29, 1.82) is 0 Å². The second-order valence-electron chi connectivity index (χ2n) is 11.9. The number of H-pyrrole nitrogens is 2. The molecular weight excluding hydrogens is 560 g/mol. The first-order valence-corrected chi connectivity index (χ1v) is 14.9.